The van der Waals surface area contributed by atoms with E-state index < -0.39 is 0 Å². The Morgan fingerprint density at radius 1 is 1.11 bits per heavy atom. The zero-order chi connectivity index (χ0) is 13.8. The molecule has 3 nitrogen and oxygen atoms in total. The van der Waals surface area contributed by atoms with Crippen molar-refractivity contribution in [1.82, 2.24) is 4.90 Å². The first-order chi connectivity index (χ1) is 9.09. The summed E-state index contributed by atoms with van der Waals surface area (Å²) in [6.07, 6.45) is 0. The van der Waals surface area contributed by atoms with Crippen LogP contribution in [0.5, 0.6) is 0 Å². The second-order valence-electron chi connectivity index (χ2n) is 4.67. The first-order valence-corrected chi connectivity index (χ1v) is 6.24. The molecule has 0 aliphatic rings. The minimum Gasteiger partial charge on any atom is -0.398 e. The number of aryl methyl sites for hydroxylation is 1. The number of hydrogen-bond donors (Lipinski definition) is 1. The molecule has 0 fully saturated rings. The minimum atomic E-state index is 0.0151. The second kappa shape index (κ2) is 5.57. The van der Waals surface area contributed by atoms with E-state index in [1.807, 2.05) is 55.5 Å². The molecule has 0 heterocycles. The van der Waals surface area contributed by atoms with Crippen LogP contribution >= 0.6 is 0 Å². The van der Waals surface area contributed by atoms with Crippen LogP contribution in [0.4, 0.5) is 5.69 Å². The Morgan fingerprint density at radius 2 is 1.74 bits per heavy atom. The molecule has 2 aromatic rings. The van der Waals surface area contributed by atoms with Gasteiger partial charge in [0.1, 0.15) is 0 Å². The molecule has 3 heteroatoms. The van der Waals surface area contributed by atoms with E-state index in [2.05, 4.69) is 0 Å². The lowest BCUT2D eigenvalue weighted by molar-refractivity contribution is 0.0784. The number of para-hydroxylation sites is 1. The summed E-state index contributed by atoms with van der Waals surface area (Å²) in [4.78, 5) is 14.1. The van der Waals surface area contributed by atoms with Gasteiger partial charge in [-0.25, -0.2) is 0 Å². The molecule has 0 radical (unpaired) electrons. The van der Waals surface area contributed by atoms with Crippen molar-refractivity contribution in [2.45, 2.75) is 13.5 Å². The highest BCUT2D eigenvalue weighted by atomic mass is 16.2. The Kier molecular flexibility index (Phi) is 3.85. The molecule has 0 atom stereocenters. The highest BCUT2D eigenvalue weighted by Gasteiger charge is 2.14. The summed E-state index contributed by atoms with van der Waals surface area (Å²) in [5, 5.41) is 0. The number of carbonyl (C=O) groups excluding carboxylic acids is 1. The van der Waals surface area contributed by atoms with Crippen molar-refractivity contribution >= 4 is 11.6 Å². The molecule has 0 aromatic heterocycles. The van der Waals surface area contributed by atoms with Crippen molar-refractivity contribution in [2.24, 2.45) is 0 Å². The summed E-state index contributed by atoms with van der Waals surface area (Å²) in [7, 11) is 1.79. The fraction of sp³-hybridized carbons (Fsp3) is 0.188. The number of anilines is 1. The van der Waals surface area contributed by atoms with Gasteiger partial charge in [0.2, 0.25) is 0 Å². The topological polar surface area (TPSA) is 46.3 Å². The fourth-order valence-corrected chi connectivity index (χ4v) is 2.02. The Labute approximate surface area is 113 Å². The average Bonchev–Trinajstić information content (AvgIpc) is 2.41. The molecule has 98 valence electrons. The SMILES string of the molecule is Cc1ccccc1C(=O)N(C)Cc1ccccc1N. The maximum absolute atomic E-state index is 12.4. The van der Waals surface area contributed by atoms with Crippen LogP contribution in [-0.4, -0.2) is 17.9 Å². The number of benzene rings is 2. The van der Waals surface area contributed by atoms with Gasteiger partial charge in [-0.3, -0.25) is 4.79 Å². The van der Waals surface area contributed by atoms with Crippen LogP contribution in [-0.2, 0) is 6.54 Å². The molecule has 0 aliphatic heterocycles. The highest BCUT2D eigenvalue weighted by Crippen LogP contribution is 2.15. The number of nitrogen functional groups attached to an aromatic ring is 1. The highest BCUT2D eigenvalue weighted by molar-refractivity contribution is 5.95. The molecular formula is C16H18N2O. The van der Waals surface area contributed by atoms with Gasteiger partial charge in [0.25, 0.3) is 5.91 Å². The van der Waals surface area contributed by atoms with Crippen molar-refractivity contribution < 1.29 is 4.79 Å². The quantitative estimate of drug-likeness (QED) is 0.856. The van der Waals surface area contributed by atoms with E-state index in [0.717, 1.165) is 16.7 Å². The predicted molar refractivity (Wildman–Crippen MR) is 77.8 cm³/mol. The Balaban J connectivity index is 2.17. The molecule has 0 unspecified atom stereocenters. The minimum absolute atomic E-state index is 0.0151. The van der Waals surface area contributed by atoms with Crippen LogP contribution in [0.3, 0.4) is 0 Å². The molecule has 0 spiro atoms. The largest absolute Gasteiger partial charge is 0.398 e. The zero-order valence-electron chi connectivity index (χ0n) is 11.3. The van der Waals surface area contributed by atoms with E-state index >= 15 is 0 Å². The maximum atomic E-state index is 12.4. The van der Waals surface area contributed by atoms with E-state index in [9.17, 15) is 4.79 Å². The van der Waals surface area contributed by atoms with Crippen molar-refractivity contribution in [2.75, 3.05) is 12.8 Å². The third kappa shape index (κ3) is 2.94. The number of nitrogens with zero attached hydrogens (tertiary/aromatic N) is 1. The van der Waals surface area contributed by atoms with E-state index in [-0.39, 0.29) is 5.91 Å². The second-order valence-corrected chi connectivity index (χ2v) is 4.67. The van der Waals surface area contributed by atoms with Crippen LogP contribution in [0.1, 0.15) is 21.5 Å². The third-order valence-electron chi connectivity index (χ3n) is 3.18. The predicted octanol–water partition coefficient (Wildman–Crippen LogP) is 2.85. The van der Waals surface area contributed by atoms with Gasteiger partial charge in [-0.2, -0.15) is 0 Å². The van der Waals surface area contributed by atoms with Crippen LogP contribution in [0.2, 0.25) is 0 Å². The number of amides is 1. The fourth-order valence-electron chi connectivity index (χ4n) is 2.02. The van der Waals surface area contributed by atoms with Gasteiger partial charge in [0.05, 0.1) is 0 Å². The standard InChI is InChI=1S/C16H18N2O/c1-12-7-3-5-9-14(12)16(19)18(2)11-13-8-4-6-10-15(13)17/h3-10H,11,17H2,1-2H3. The molecule has 2 rings (SSSR count). The van der Waals surface area contributed by atoms with E-state index in [4.69, 9.17) is 5.73 Å². The van der Waals surface area contributed by atoms with Gasteiger partial charge >= 0.3 is 0 Å². The first-order valence-electron chi connectivity index (χ1n) is 6.24. The lowest BCUT2D eigenvalue weighted by Crippen LogP contribution is -2.27. The molecule has 0 aliphatic carbocycles. The van der Waals surface area contributed by atoms with Crippen molar-refractivity contribution in [3.05, 3.63) is 65.2 Å². The summed E-state index contributed by atoms with van der Waals surface area (Å²) in [5.41, 5.74) is 9.30. The van der Waals surface area contributed by atoms with Gasteiger partial charge in [-0.05, 0) is 30.2 Å². The lowest BCUT2D eigenvalue weighted by Gasteiger charge is -2.19. The molecule has 0 saturated carbocycles. The molecule has 2 aromatic carbocycles. The number of rotatable bonds is 3. The van der Waals surface area contributed by atoms with E-state index in [0.29, 0.717) is 12.2 Å². The zero-order valence-corrected chi connectivity index (χ0v) is 11.3. The number of nitrogens with two attached hydrogens (primary N) is 1. The lowest BCUT2D eigenvalue weighted by atomic mass is 10.1. The van der Waals surface area contributed by atoms with E-state index in [1.165, 1.54) is 0 Å². The molecule has 0 bridgehead atoms. The first kappa shape index (κ1) is 13.1. The normalized spacial score (nSPS) is 10.2. The van der Waals surface area contributed by atoms with Crippen LogP contribution in [0.25, 0.3) is 0 Å². The van der Waals surface area contributed by atoms with Crippen LogP contribution in [0.15, 0.2) is 48.5 Å². The molecule has 1 amide bonds. The van der Waals surface area contributed by atoms with Gasteiger partial charge in [0.15, 0.2) is 0 Å². The number of carbonyl (C=O) groups is 1. The van der Waals surface area contributed by atoms with Crippen molar-refractivity contribution in [3.8, 4) is 0 Å². The average molecular weight is 254 g/mol. The van der Waals surface area contributed by atoms with Gasteiger partial charge in [-0.1, -0.05) is 36.4 Å². The summed E-state index contributed by atoms with van der Waals surface area (Å²) in [6, 6.07) is 15.2. The summed E-state index contributed by atoms with van der Waals surface area (Å²) in [6.45, 7) is 2.46. The molecule has 0 saturated heterocycles. The van der Waals surface area contributed by atoms with Gasteiger partial charge in [-0.15, -0.1) is 0 Å². The van der Waals surface area contributed by atoms with Gasteiger partial charge in [0, 0.05) is 24.8 Å². The molecule has 19 heavy (non-hydrogen) atoms. The van der Waals surface area contributed by atoms with Crippen molar-refractivity contribution in [3.63, 3.8) is 0 Å². The van der Waals surface area contributed by atoms with E-state index in [1.54, 1.807) is 11.9 Å². The van der Waals surface area contributed by atoms with Crippen LogP contribution < -0.4 is 5.73 Å². The van der Waals surface area contributed by atoms with Crippen LogP contribution in [0, 0.1) is 6.92 Å². The molecular weight excluding hydrogens is 236 g/mol. The summed E-state index contributed by atoms with van der Waals surface area (Å²) >= 11 is 0. The summed E-state index contributed by atoms with van der Waals surface area (Å²) in [5.74, 6) is 0.0151. The Hall–Kier alpha value is -2.29. The number of hydrogen-bond acceptors (Lipinski definition) is 2. The smallest absolute Gasteiger partial charge is 0.254 e. The Morgan fingerprint density at radius 3 is 2.42 bits per heavy atom. The maximum Gasteiger partial charge on any atom is 0.254 e. The summed E-state index contributed by atoms with van der Waals surface area (Å²) < 4.78 is 0. The monoisotopic (exact) mass is 254 g/mol. The third-order valence-corrected chi connectivity index (χ3v) is 3.18. The van der Waals surface area contributed by atoms with Crippen molar-refractivity contribution in [1.29, 1.82) is 0 Å². The van der Waals surface area contributed by atoms with Gasteiger partial charge < -0.3 is 10.6 Å². The molecule has 2 N–H and O–H groups in total. The Bertz CT molecular complexity index is 593.